The Morgan fingerprint density at radius 3 is 2.83 bits per heavy atom. The van der Waals surface area contributed by atoms with E-state index in [0.717, 1.165) is 18.7 Å². The summed E-state index contributed by atoms with van der Waals surface area (Å²) in [5, 5.41) is 3.82. The fourth-order valence-corrected chi connectivity index (χ4v) is 2.13. The predicted octanol–water partition coefficient (Wildman–Crippen LogP) is 1.87. The van der Waals surface area contributed by atoms with E-state index in [-0.39, 0.29) is 12.0 Å². The van der Waals surface area contributed by atoms with E-state index in [0.29, 0.717) is 17.5 Å². The highest BCUT2D eigenvalue weighted by molar-refractivity contribution is 6.30. The van der Waals surface area contributed by atoms with Gasteiger partial charge in [-0.15, -0.1) is 0 Å². The Morgan fingerprint density at radius 1 is 1.44 bits per heavy atom. The van der Waals surface area contributed by atoms with Crippen LogP contribution in [0.15, 0.2) is 24.3 Å². The third-order valence-electron chi connectivity index (χ3n) is 3.01. The average molecular weight is 270 g/mol. The van der Waals surface area contributed by atoms with Crippen LogP contribution < -0.4 is 10.1 Å². The number of benzene rings is 1. The zero-order valence-electron chi connectivity index (χ0n) is 10.2. The molecule has 0 saturated carbocycles. The van der Waals surface area contributed by atoms with Gasteiger partial charge >= 0.3 is 5.97 Å². The maximum absolute atomic E-state index is 11.3. The van der Waals surface area contributed by atoms with Crippen molar-refractivity contribution in [1.29, 1.82) is 0 Å². The first-order valence-electron chi connectivity index (χ1n) is 5.88. The van der Waals surface area contributed by atoms with Crippen LogP contribution in [0.1, 0.15) is 6.42 Å². The molecule has 18 heavy (non-hydrogen) atoms. The highest BCUT2D eigenvalue weighted by atomic mass is 35.5. The van der Waals surface area contributed by atoms with Gasteiger partial charge in [-0.2, -0.15) is 0 Å². The zero-order chi connectivity index (χ0) is 13.0. The van der Waals surface area contributed by atoms with Crippen LogP contribution in [-0.2, 0) is 9.53 Å². The molecule has 1 aromatic carbocycles. The second-order valence-corrected chi connectivity index (χ2v) is 4.79. The third kappa shape index (κ3) is 3.37. The number of methoxy groups -OCH3 is 1. The number of hydrogen-bond donors (Lipinski definition) is 1. The van der Waals surface area contributed by atoms with Gasteiger partial charge in [-0.05, 0) is 30.7 Å². The Bertz CT molecular complexity index is 407. The SMILES string of the molecule is COC(=O)[C@@H]1C[C@@H](COc2ccc(Cl)cc2)CN1. The summed E-state index contributed by atoms with van der Waals surface area (Å²) < 4.78 is 10.4. The van der Waals surface area contributed by atoms with E-state index in [1.54, 1.807) is 12.1 Å². The lowest BCUT2D eigenvalue weighted by Gasteiger charge is -2.11. The van der Waals surface area contributed by atoms with Crippen molar-refractivity contribution < 1.29 is 14.3 Å². The molecule has 0 radical (unpaired) electrons. The topological polar surface area (TPSA) is 47.6 Å². The van der Waals surface area contributed by atoms with Gasteiger partial charge in [0, 0.05) is 17.5 Å². The Labute approximate surface area is 111 Å². The number of hydrogen-bond acceptors (Lipinski definition) is 4. The molecular formula is C13H16ClNO3. The molecule has 1 fully saturated rings. The summed E-state index contributed by atoms with van der Waals surface area (Å²) in [5.41, 5.74) is 0. The summed E-state index contributed by atoms with van der Waals surface area (Å²) in [6.45, 7) is 1.36. The molecule has 1 heterocycles. The summed E-state index contributed by atoms with van der Waals surface area (Å²) in [6.07, 6.45) is 0.750. The minimum absolute atomic E-state index is 0.200. The molecule has 2 atom stereocenters. The maximum atomic E-state index is 11.3. The van der Waals surface area contributed by atoms with Gasteiger partial charge in [-0.3, -0.25) is 4.79 Å². The van der Waals surface area contributed by atoms with Crippen LogP contribution in [0.2, 0.25) is 5.02 Å². The number of carbonyl (C=O) groups is 1. The second-order valence-electron chi connectivity index (χ2n) is 4.35. The summed E-state index contributed by atoms with van der Waals surface area (Å²) in [4.78, 5) is 11.3. The van der Waals surface area contributed by atoms with E-state index in [1.807, 2.05) is 12.1 Å². The van der Waals surface area contributed by atoms with Crippen molar-refractivity contribution in [2.75, 3.05) is 20.3 Å². The first-order valence-corrected chi connectivity index (χ1v) is 6.26. The molecule has 0 unspecified atom stereocenters. The standard InChI is InChI=1S/C13H16ClNO3/c1-17-13(16)12-6-9(7-15-12)8-18-11-4-2-10(14)3-5-11/h2-5,9,12,15H,6-8H2,1H3/t9-,12+/m1/s1. The van der Waals surface area contributed by atoms with E-state index in [1.165, 1.54) is 7.11 Å². The Morgan fingerprint density at radius 2 is 2.17 bits per heavy atom. The quantitative estimate of drug-likeness (QED) is 0.848. The molecule has 4 nitrogen and oxygen atoms in total. The number of nitrogens with one attached hydrogen (secondary N) is 1. The molecule has 0 bridgehead atoms. The van der Waals surface area contributed by atoms with E-state index in [9.17, 15) is 4.79 Å². The van der Waals surface area contributed by atoms with Crippen molar-refractivity contribution in [3.05, 3.63) is 29.3 Å². The van der Waals surface area contributed by atoms with Gasteiger partial charge in [0.15, 0.2) is 0 Å². The van der Waals surface area contributed by atoms with E-state index in [4.69, 9.17) is 21.1 Å². The van der Waals surface area contributed by atoms with Gasteiger partial charge in [0.2, 0.25) is 0 Å². The van der Waals surface area contributed by atoms with Crippen molar-refractivity contribution in [2.45, 2.75) is 12.5 Å². The first kappa shape index (κ1) is 13.2. The molecule has 1 N–H and O–H groups in total. The average Bonchev–Trinajstić information content (AvgIpc) is 2.86. The molecule has 0 spiro atoms. The molecule has 1 aromatic rings. The van der Waals surface area contributed by atoms with Crippen LogP contribution in [0.3, 0.4) is 0 Å². The summed E-state index contributed by atoms with van der Waals surface area (Å²) >= 11 is 5.79. The number of esters is 1. The van der Waals surface area contributed by atoms with Crippen LogP contribution in [-0.4, -0.2) is 32.3 Å². The smallest absolute Gasteiger partial charge is 0.322 e. The van der Waals surface area contributed by atoms with Crippen molar-refractivity contribution in [3.8, 4) is 5.75 Å². The van der Waals surface area contributed by atoms with Gasteiger partial charge in [0.25, 0.3) is 0 Å². The fraction of sp³-hybridized carbons (Fsp3) is 0.462. The third-order valence-corrected chi connectivity index (χ3v) is 3.26. The molecule has 0 aliphatic carbocycles. The predicted molar refractivity (Wildman–Crippen MR) is 68.9 cm³/mol. The minimum atomic E-state index is -0.205. The highest BCUT2D eigenvalue weighted by Gasteiger charge is 2.30. The molecular weight excluding hydrogens is 254 g/mol. The van der Waals surface area contributed by atoms with Crippen LogP contribution in [0.25, 0.3) is 0 Å². The Kier molecular flexibility index (Phi) is 4.44. The van der Waals surface area contributed by atoms with Gasteiger partial charge in [-0.25, -0.2) is 0 Å². The van der Waals surface area contributed by atoms with Gasteiger partial charge in [-0.1, -0.05) is 11.6 Å². The fourth-order valence-electron chi connectivity index (χ4n) is 2.00. The number of ether oxygens (including phenoxy) is 2. The maximum Gasteiger partial charge on any atom is 0.322 e. The van der Waals surface area contributed by atoms with Gasteiger partial charge in [0.05, 0.1) is 13.7 Å². The van der Waals surface area contributed by atoms with Crippen LogP contribution in [0, 0.1) is 5.92 Å². The Hall–Kier alpha value is -1.26. The largest absolute Gasteiger partial charge is 0.493 e. The van der Waals surface area contributed by atoms with Crippen LogP contribution in [0.4, 0.5) is 0 Å². The zero-order valence-corrected chi connectivity index (χ0v) is 10.9. The van der Waals surface area contributed by atoms with E-state index < -0.39 is 0 Å². The summed E-state index contributed by atoms with van der Waals surface area (Å²) in [7, 11) is 1.40. The lowest BCUT2D eigenvalue weighted by molar-refractivity contribution is -0.142. The Balaban J connectivity index is 1.78. The molecule has 1 aliphatic heterocycles. The van der Waals surface area contributed by atoms with E-state index >= 15 is 0 Å². The van der Waals surface area contributed by atoms with Gasteiger partial charge in [0.1, 0.15) is 11.8 Å². The molecule has 0 aromatic heterocycles. The summed E-state index contributed by atoms with van der Waals surface area (Å²) in [5.74, 6) is 0.912. The van der Waals surface area contributed by atoms with E-state index in [2.05, 4.69) is 5.32 Å². The normalized spacial score (nSPS) is 22.8. The first-order chi connectivity index (χ1) is 8.69. The molecule has 1 saturated heterocycles. The van der Waals surface area contributed by atoms with Crippen molar-refractivity contribution >= 4 is 17.6 Å². The number of carbonyl (C=O) groups excluding carboxylic acids is 1. The minimum Gasteiger partial charge on any atom is -0.493 e. The van der Waals surface area contributed by atoms with Crippen molar-refractivity contribution in [1.82, 2.24) is 5.32 Å². The molecule has 1 aliphatic rings. The molecule has 5 heteroatoms. The molecule has 2 rings (SSSR count). The van der Waals surface area contributed by atoms with Crippen LogP contribution >= 0.6 is 11.6 Å². The highest BCUT2D eigenvalue weighted by Crippen LogP contribution is 2.19. The lowest BCUT2D eigenvalue weighted by Crippen LogP contribution is -2.31. The number of rotatable bonds is 4. The molecule has 0 amide bonds. The monoisotopic (exact) mass is 269 g/mol. The van der Waals surface area contributed by atoms with Gasteiger partial charge < -0.3 is 14.8 Å². The lowest BCUT2D eigenvalue weighted by atomic mass is 10.1. The second kappa shape index (κ2) is 6.07. The summed E-state index contributed by atoms with van der Waals surface area (Å²) in [6, 6.07) is 7.06. The van der Waals surface area contributed by atoms with Crippen molar-refractivity contribution in [3.63, 3.8) is 0 Å². The van der Waals surface area contributed by atoms with Crippen LogP contribution in [0.5, 0.6) is 5.75 Å². The molecule has 98 valence electrons. The number of halogens is 1. The van der Waals surface area contributed by atoms with Crippen molar-refractivity contribution in [2.24, 2.45) is 5.92 Å².